The Labute approximate surface area is 155 Å². The van der Waals surface area contributed by atoms with Gasteiger partial charge in [-0.2, -0.15) is 0 Å². The topological polar surface area (TPSA) is 61.0 Å². The number of nitrogens with zero attached hydrogens (tertiary/aromatic N) is 2. The molecular weight excluding hydrogens is 350 g/mol. The number of nitrogens with one attached hydrogen (secondary N) is 2. The van der Waals surface area contributed by atoms with Crippen LogP contribution >= 0.6 is 0 Å². The zero-order chi connectivity index (χ0) is 18.6. The summed E-state index contributed by atoms with van der Waals surface area (Å²) in [5, 5.41) is 3.95. The van der Waals surface area contributed by atoms with Gasteiger partial charge in [0.15, 0.2) is 0 Å². The first kappa shape index (κ1) is 16.9. The first-order valence-corrected chi connectivity index (χ1v) is 9.58. The number of carbonyl (C=O) groups is 1. The molecule has 27 heavy (non-hydrogen) atoms. The van der Waals surface area contributed by atoms with Gasteiger partial charge in [-0.15, -0.1) is 0 Å². The summed E-state index contributed by atoms with van der Waals surface area (Å²) in [4.78, 5) is 21.8. The number of aromatic amines is 1. The molecule has 3 heterocycles. The van der Waals surface area contributed by atoms with Crippen molar-refractivity contribution in [1.82, 2.24) is 14.9 Å². The third-order valence-corrected chi connectivity index (χ3v) is 5.80. The number of hydrogen-bond acceptors (Lipinski definition) is 3. The summed E-state index contributed by atoms with van der Waals surface area (Å²) in [7, 11) is 0. The van der Waals surface area contributed by atoms with Crippen LogP contribution in [-0.2, 0) is 4.79 Å². The van der Waals surface area contributed by atoms with Gasteiger partial charge in [-0.3, -0.25) is 9.69 Å². The Morgan fingerprint density at radius 3 is 2.89 bits per heavy atom. The third kappa shape index (κ3) is 3.36. The maximum atomic E-state index is 13.2. The van der Waals surface area contributed by atoms with Gasteiger partial charge in [-0.1, -0.05) is 6.08 Å². The van der Waals surface area contributed by atoms with Crippen LogP contribution in [0.25, 0.3) is 16.6 Å². The van der Waals surface area contributed by atoms with E-state index < -0.39 is 11.8 Å². The van der Waals surface area contributed by atoms with E-state index in [0.717, 1.165) is 42.4 Å². The minimum atomic E-state index is -2.46. The number of pyridine rings is 1. The summed E-state index contributed by atoms with van der Waals surface area (Å²) in [6, 6.07) is 3.93. The van der Waals surface area contributed by atoms with E-state index in [4.69, 9.17) is 0 Å². The maximum Gasteiger partial charge on any atom is 0.252 e. The molecule has 5 nitrogen and oxygen atoms in total. The normalized spacial score (nSPS) is 24.7. The smallest absolute Gasteiger partial charge is 0.252 e. The minimum absolute atomic E-state index is 0.0262. The van der Waals surface area contributed by atoms with Gasteiger partial charge in [0.2, 0.25) is 5.91 Å². The van der Waals surface area contributed by atoms with Crippen LogP contribution < -0.4 is 5.32 Å². The number of alkyl halides is 2. The number of anilines is 1. The summed E-state index contributed by atoms with van der Waals surface area (Å²) >= 11 is 0. The van der Waals surface area contributed by atoms with Gasteiger partial charge >= 0.3 is 0 Å². The predicted molar refractivity (Wildman–Crippen MR) is 99.5 cm³/mol. The van der Waals surface area contributed by atoms with Crippen LogP contribution in [-0.4, -0.2) is 46.3 Å². The quantitative estimate of drug-likeness (QED) is 0.842. The predicted octanol–water partition coefficient (Wildman–Crippen LogP) is 3.66. The number of rotatable bonds is 5. The Hall–Kier alpha value is -2.28. The van der Waals surface area contributed by atoms with Crippen molar-refractivity contribution in [3.63, 3.8) is 0 Å². The lowest BCUT2D eigenvalue weighted by Crippen LogP contribution is -2.31. The van der Waals surface area contributed by atoms with Crippen molar-refractivity contribution >= 4 is 28.3 Å². The van der Waals surface area contributed by atoms with Crippen molar-refractivity contribution < 1.29 is 13.6 Å². The Bertz CT molecular complexity index is 931. The van der Waals surface area contributed by atoms with Gasteiger partial charge in [0, 0.05) is 49.5 Å². The highest BCUT2D eigenvalue weighted by molar-refractivity contribution is 5.97. The summed E-state index contributed by atoms with van der Waals surface area (Å²) in [6.07, 6.45) is 6.70. The molecule has 2 aromatic rings. The molecule has 0 saturated heterocycles. The number of aromatic nitrogens is 2. The van der Waals surface area contributed by atoms with E-state index in [0.29, 0.717) is 18.9 Å². The lowest BCUT2D eigenvalue weighted by atomic mass is 9.97. The second kappa shape index (κ2) is 6.12. The van der Waals surface area contributed by atoms with Gasteiger partial charge in [0.1, 0.15) is 11.5 Å². The second-order valence-corrected chi connectivity index (χ2v) is 7.96. The Balaban J connectivity index is 1.36. The number of amides is 1. The Morgan fingerprint density at radius 2 is 2.22 bits per heavy atom. The lowest BCUT2D eigenvalue weighted by Gasteiger charge is -2.26. The highest BCUT2D eigenvalue weighted by Crippen LogP contribution is 2.49. The van der Waals surface area contributed by atoms with E-state index in [1.54, 1.807) is 0 Å². The highest BCUT2D eigenvalue weighted by atomic mass is 19.3. The molecule has 2 aromatic heterocycles. The molecule has 2 aliphatic carbocycles. The molecule has 1 amide bonds. The van der Waals surface area contributed by atoms with Crippen molar-refractivity contribution in [3.05, 3.63) is 30.0 Å². The largest absolute Gasteiger partial charge is 0.346 e. The zero-order valence-corrected chi connectivity index (χ0v) is 15.0. The molecule has 1 unspecified atom stereocenters. The first-order valence-electron chi connectivity index (χ1n) is 9.58. The maximum absolute atomic E-state index is 13.2. The van der Waals surface area contributed by atoms with Crippen molar-refractivity contribution in [2.75, 3.05) is 25.0 Å². The van der Waals surface area contributed by atoms with Crippen LogP contribution in [0.3, 0.4) is 0 Å². The monoisotopic (exact) mass is 372 g/mol. The Morgan fingerprint density at radius 1 is 1.41 bits per heavy atom. The van der Waals surface area contributed by atoms with Crippen molar-refractivity contribution in [1.29, 1.82) is 0 Å². The van der Waals surface area contributed by atoms with Crippen molar-refractivity contribution in [2.45, 2.75) is 31.6 Å². The van der Waals surface area contributed by atoms with Gasteiger partial charge < -0.3 is 10.3 Å². The fourth-order valence-corrected chi connectivity index (χ4v) is 3.84. The van der Waals surface area contributed by atoms with E-state index in [1.165, 1.54) is 5.57 Å². The molecule has 5 rings (SSSR count). The molecule has 2 saturated carbocycles. The van der Waals surface area contributed by atoms with Gasteiger partial charge in [-0.25, -0.2) is 13.8 Å². The van der Waals surface area contributed by atoms with E-state index in [2.05, 4.69) is 26.3 Å². The van der Waals surface area contributed by atoms with Gasteiger partial charge in [-0.05, 0) is 42.5 Å². The number of carbonyl (C=O) groups excluding carboxylic acids is 1. The molecule has 1 atom stereocenters. The van der Waals surface area contributed by atoms with Crippen LogP contribution in [0.2, 0.25) is 0 Å². The number of halogens is 2. The summed E-state index contributed by atoms with van der Waals surface area (Å²) in [5.74, 6) is -2.21. The molecule has 1 aliphatic heterocycles. The highest BCUT2D eigenvalue weighted by Gasteiger charge is 2.56. The summed E-state index contributed by atoms with van der Waals surface area (Å²) in [5.41, 5.74) is 2.99. The van der Waals surface area contributed by atoms with Crippen LogP contribution in [0, 0.1) is 11.8 Å². The molecule has 0 bridgehead atoms. The molecule has 0 radical (unpaired) electrons. The average Bonchev–Trinajstić information content (AvgIpc) is 3.53. The van der Waals surface area contributed by atoms with Crippen molar-refractivity contribution in [3.8, 4) is 0 Å². The van der Waals surface area contributed by atoms with E-state index in [1.807, 2.05) is 18.3 Å². The molecular formula is C20H22F2N4O. The van der Waals surface area contributed by atoms with E-state index >= 15 is 0 Å². The van der Waals surface area contributed by atoms with Crippen LogP contribution in [0.15, 0.2) is 24.4 Å². The fourth-order valence-electron chi connectivity index (χ4n) is 3.84. The summed E-state index contributed by atoms with van der Waals surface area (Å²) in [6.45, 7) is 1.92. The average molecular weight is 372 g/mol. The first-order chi connectivity index (χ1) is 13.0. The van der Waals surface area contributed by atoms with Gasteiger partial charge in [0.25, 0.3) is 5.92 Å². The van der Waals surface area contributed by atoms with Crippen LogP contribution in [0.4, 0.5) is 14.6 Å². The zero-order valence-electron chi connectivity index (χ0n) is 15.0. The molecule has 2 fully saturated rings. The molecule has 2 N–H and O–H groups in total. The van der Waals surface area contributed by atoms with Gasteiger partial charge in [0.05, 0.1) is 0 Å². The molecule has 3 aliphatic rings. The Kier molecular flexibility index (Phi) is 3.82. The third-order valence-electron chi connectivity index (χ3n) is 5.80. The number of H-pyrrole nitrogens is 1. The summed E-state index contributed by atoms with van der Waals surface area (Å²) < 4.78 is 26.3. The second-order valence-electron chi connectivity index (χ2n) is 7.96. The standard InChI is InChI=1S/C20H22F2N4O/c21-20(22)10-14(20)11-26-7-4-12(5-8-26)16-9-17(25-19(27)13-1-2-13)24-18-15(16)3-6-23-18/h3-4,6,9,13-14H,1-2,5,7-8,10-11H2,(H2,23,24,25,27). The molecule has 0 aromatic carbocycles. The van der Waals surface area contributed by atoms with E-state index in [9.17, 15) is 13.6 Å². The SMILES string of the molecule is O=C(Nc1cc(C2=CCN(CC3CC3(F)F)CC2)c2cc[nH]c2n1)C1CC1. The van der Waals surface area contributed by atoms with E-state index in [-0.39, 0.29) is 18.2 Å². The van der Waals surface area contributed by atoms with Crippen molar-refractivity contribution in [2.24, 2.45) is 11.8 Å². The molecule has 7 heteroatoms. The number of hydrogen-bond donors (Lipinski definition) is 2. The van der Waals surface area contributed by atoms with Crippen LogP contribution in [0.1, 0.15) is 31.2 Å². The fraction of sp³-hybridized carbons (Fsp3) is 0.500. The number of fused-ring (bicyclic) bond motifs is 1. The minimum Gasteiger partial charge on any atom is -0.346 e. The lowest BCUT2D eigenvalue weighted by molar-refractivity contribution is -0.117. The molecule has 142 valence electrons. The van der Waals surface area contributed by atoms with Crippen LogP contribution in [0.5, 0.6) is 0 Å². The molecule has 0 spiro atoms.